The Morgan fingerprint density at radius 1 is 1.24 bits per heavy atom. The summed E-state index contributed by atoms with van der Waals surface area (Å²) in [4.78, 5) is 4.42. The maximum absolute atomic E-state index is 5.66. The van der Waals surface area contributed by atoms with Crippen LogP contribution in [-0.4, -0.2) is 30.3 Å². The van der Waals surface area contributed by atoms with Gasteiger partial charge in [-0.15, -0.1) is 12.4 Å². The lowest BCUT2D eigenvalue weighted by Crippen LogP contribution is -2.27. The zero-order valence-corrected chi connectivity index (χ0v) is 15.4. The first-order valence-corrected chi connectivity index (χ1v) is 8.56. The number of hydrogen-bond donors (Lipinski definition) is 1. The molecular weight excluding hydrogens is 342 g/mol. The second-order valence-corrected chi connectivity index (χ2v) is 6.18. The molecule has 0 atom stereocenters. The zero-order chi connectivity index (χ0) is 16.6. The number of methoxy groups -OCH3 is 1. The van der Waals surface area contributed by atoms with Crippen LogP contribution in [-0.2, 0) is 24.4 Å². The molecule has 1 aromatic heterocycles. The van der Waals surface area contributed by atoms with E-state index in [-0.39, 0.29) is 12.4 Å². The first-order chi connectivity index (χ1) is 11.8. The summed E-state index contributed by atoms with van der Waals surface area (Å²) in [5.41, 5.74) is 1.06. The first kappa shape index (κ1) is 19.7. The first-order valence-electron chi connectivity index (χ1n) is 8.56. The molecule has 0 amide bonds. The van der Waals surface area contributed by atoms with Gasteiger partial charge in [-0.05, 0) is 56.0 Å². The molecule has 7 heteroatoms. The van der Waals surface area contributed by atoms with Gasteiger partial charge in [0.1, 0.15) is 12.4 Å². The summed E-state index contributed by atoms with van der Waals surface area (Å²) in [5.74, 6) is 2.92. The van der Waals surface area contributed by atoms with Crippen molar-refractivity contribution in [3.63, 3.8) is 0 Å². The summed E-state index contributed by atoms with van der Waals surface area (Å²) in [6, 6.07) is 7.83. The Labute approximate surface area is 154 Å². The minimum Gasteiger partial charge on any atom is -0.497 e. The molecule has 0 spiro atoms. The molecule has 2 heterocycles. The maximum Gasteiger partial charge on any atom is 0.226 e. The normalized spacial score (nSPS) is 14.9. The predicted octanol–water partition coefficient (Wildman–Crippen LogP) is 3.15. The van der Waals surface area contributed by atoms with Gasteiger partial charge >= 0.3 is 0 Å². The Kier molecular flexibility index (Phi) is 8.18. The molecule has 1 aromatic carbocycles. The van der Waals surface area contributed by atoms with Gasteiger partial charge in [0.25, 0.3) is 0 Å². The minimum atomic E-state index is 0. The van der Waals surface area contributed by atoms with Crippen molar-refractivity contribution in [1.29, 1.82) is 0 Å². The van der Waals surface area contributed by atoms with E-state index in [4.69, 9.17) is 14.0 Å². The van der Waals surface area contributed by atoms with E-state index >= 15 is 0 Å². The van der Waals surface area contributed by atoms with Crippen molar-refractivity contribution in [2.24, 2.45) is 5.92 Å². The molecule has 1 saturated heterocycles. The highest BCUT2D eigenvalue weighted by atomic mass is 35.5. The number of piperidine rings is 1. The van der Waals surface area contributed by atoms with Crippen molar-refractivity contribution in [2.75, 3.05) is 20.2 Å². The molecule has 0 radical (unpaired) electrons. The Morgan fingerprint density at radius 2 is 2.08 bits per heavy atom. The predicted molar refractivity (Wildman–Crippen MR) is 96.9 cm³/mol. The SMILES string of the molecule is COc1cccc(COCc2noc(CCC3CCNCC3)n2)c1.Cl. The molecule has 25 heavy (non-hydrogen) atoms. The summed E-state index contributed by atoms with van der Waals surface area (Å²) in [5, 5.41) is 7.38. The van der Waals surface area contributed by atoms with Crippen LogP contribution in [0.2, 0.25) is 0 Å². The van der Waals surface area contributed by atoms with E-state index in [1.807, 2.05) is 24.3 Å². The summed E-state index contributed by atoms with van der Waals surface area (Å²) in [6.07, 6.45) is 4.46. The highest BCUT2D eigenvalue weighted by Gasteiger charge is 2.15. The standard InChI is InChI=1S/C18H25N3O3.ClH/c1-22-16-4-2-3-15(11-16)12-23-13-17-20-18(24-21-17)6-5-14-7-9-19-10-8-14;/h2-4,11,14,19H,5-10,12-13H2,1H3;1H. The Morgan fingerprint density at radius 3 is 2.88 bits per heavy atom. The molecule has 6 nitrogen and oxygen atoms in total. The lowest BCUT2D eigenvalue weighted by molar-refractivity contribution is 0.0998. The summed E-state index contributed by atoms with van der Waals surface area (Å²) in [7, 11) is 1.66. The van der Waals surface area contributed by atoms with Crippen molar-refractivity contribution < 1.29 is 14.0 Å². The molecule has 138 valence electrons. The molecule has 1 aliphatic rings. The molecule has 1 fully saturated rings. The number of aryl methyl sites for hydroxylation is 1. The van der Waals surface area contributed by atoms with Crippen molar-refractivity contribution in [1.82, 2.24) is 15.5 Å². The number of benzene rings is 1. The zero-order valence-electron chi connectivity index (χ0n) is 14.6. The number of halogens is 1. The summed E-state index contributed by atoms with van der Waals surface area (Å²) >= 11 is 0. The fourth-order valence-electron chi connectivity index (χ4n) is 2.97. The Balaban J connectivity index is 0.00000225. The van der Waals surface area contributed by atoms with Crippen molar-refractivity contribution in [2.45, 2.75) is 38.9 Å². The van der Waals surface area contributed by atoms with Gasteiger partial charge in [-0.1, -0.05) is 17.3 Å². The van der Waals surface area contributed by atoms with Crippen LogP contribution in [0.1, 0.15) is 36.5 Å². The maximum atomic E-state index is 5.66. The monoisotopic (exact) mass is 367 g/mol. The van der Waals surface area contributed by atoms with Crippen LogP contribution in [0.3, 0.4) is 0 Å². The molecule has 0 saturated carbocycles. The van der Waals surface area contributed by atoms with Crippen molar-refractivity contribution >= 4 is 12.4 Å². The molecular formula is C18H26ClN3O3. The van der Waals surface area contributed by atoms with E-state index < -0.39 is 0 Å². The second-order valence-electron chi connectivity index (χ2n) is 6.18. The molecule has 1 aliphatic heterocycles. The minimum absolute atomic E-state index is 0. The van der Waals surface area contributed by atoms with Crippen LogP contribution >= 0.6 is 12.4 Å². The number of nitrogens with zero attached hydrogens (tertiary/aromatic N) is 2. The average molecular weight is 368 g/mol. The van der Waals surface area contributed by atoms with Gasteiger partial charge in [0.2, 0.25) is 5.89 Å². The molecule has 0 bridgehead atoms. The van der Waals surface area contributed by atoms with Crippen molar-refractivity contribution in [3.8, 4) is 5.75 Å². The largest absolute Gasteiger partial charge is 0.497 e. The van der Waals surface area contributed by atoms with Gasteiger partial charge in [0, 0.05) is 6.42 Å². The quantitative estimate of drug-likeness (QED) is 0.772. The van der Waals surface area contributed by atoms with Crippen LogP contribution in [0, 0.1) is 5.92 Å². The van der Waals surface area contributed by atoms with Crippen LogP contribution in [0.15, 0.2) is 28.8 Å². The third kappa shape index (κ3) is 6.30. The fraction of sp³-hybridized carbons (Fsp3) is 0.556. The van der Waals surface area contributed by atoms with E-state index in [0.717, 1.165) is 43.2 Å². The van der Waals surface area contributed by atoms with Gasteiger partial charge in [-0.2, -0.15) is 4.98 Å². The third-order valence-electron chi connectivity index (χ3n) is 4.37. The van der Waals surface area contributed by atoms with Gasteiger partial charge in [-0.25, -0.2) is 0 Å². The number of rotatable bonds is 8. The lowest BCUT2D eigenvalue weighted by atomic mass is 9.93. The second kappa shape index (κ2) is 10.4. The number of hydrogen-bond acceptors (Lipinski definition) is 6. The highest BCUT2D eigenvalue weighted by molar-refractivity contribution is 5.85. The highest BCUT2D eigenvalue weighted by Crippen LogP contribution is 2.18. The molecule has 0 aliphatic carbocycles. The van der Waals surface area contributed by atoms with E-state index in [9.17, 15) is 0 Å². The van der Waals surface area contributed by atoms with E-state index in [1.54, 1.807) is 7.11 Å². The van der Waals surface area contributed by atoms with Crippen molar-refractivity contribution in [3.05, 3.63) is 41.5 Å². The molecule has 0 unspecified atom stereocenters. The molecule has 2 aromatic rings. The topological polar surface area (TPSA) is 69.4 Å². The van der Waals surface area contributed by atoms with Gasteiger partial charge < -0.3 is 19.3 Å². The van der Waals surface area contributed by atoms with Crippen LogP contribution < -0.4 is 10.1 Å². The van der Waals surface area contributed by atoms with E-state index in [2.05, 4.69) is 15.5 Å². The summed E-state index contributed by atoms with van der Waals surface area (Å²) in [6.45, 7) is 3.10. The number of aromatic nitrogens is 2. The number of nitrogens with one attached hydrogen (secondary N) is 1. The van der Waals surface area contributed by atoms with Gasteiger partial charge in [0.15, 0.2) is 5.82 Å². The van der Waals surface area contributed by atoms with Gasteiger partial charge in [0.05, 0.1) is 13.7 Å². The van der Waals surface area contributed by atoms with Crippen LogP contribution in [0.4, 0.5) is 0 Å². The van der Waals surface area contributed by atoms with Crippen LogP contribution in [0.25, 0.3) is 0 Å². The Bertz CT molecular complexity index is 630. The fourth-order valence-corrected chi connectivity index (χ4v) is 2.97. The smallest absolute Gasteiger partial charge is 0.226 e. The molecule has 1 N–H and O–H groups in total. The van der Waals surface area contributed by atoms with E-state index in [1.165, 1.54) is 12.8 Å². The Hall–Kier alpha value is -1.63. The van der Waals surface area contributed by atoms with Crippen LogP contribution in [0.5, 0.6) is 5.75 Å². The lowest BCUT2D eigenvalue weighted by Gasteiger charge is -2.21. The average Bonchev–Trinajstić information content (AvgIpc) is 3.09. The molecule has 3 rings (SSSR count). The summed E-state index contributed by atoms with van der Waals surface area (Å²) < 4.78 is 16.2. The third-order valence-corrected chi connectivity index (χ3v) is 4.37. The number of ether oxygens (including phenoxy) is 2. The van der Waals surface area contributed by atoms with Gasteiger partial charge in [-0.3, -0.25) is 0 Å². The van der Waals surface area contributed by atoms with E-state index in [0.29, 0.717) is 24.9 Å².